The van der Waals surface area contributed by atoms with Gasteiger partial charge < -0.3 is 10.2 Å². The number of aliphatic carboxylic acids is 1. The van der Waals surface area contributed by atoms with Crippen molar-refractivity contribution in [3.63, 3.8) is 0 Å². The predicted molar refractivity (Wildman–Crippen MR) is 78.8 cm³/mol. The third-order valence-corrected chi connectivity index (χ3v) is 3.03. The van der Waals surface area contributed by atoms with E-state index in [0.29, 0.717) is 11.3 Å². The number of Topliss-reactive ketones (excluding diaryl/α,β-unsaturated/α-hetero) is 1. The van der Waals surface area contributed by atoms with Crippen molar-refractivity contribution in [1.29, 1.82) is 0 Å². The summed E-state index contributed by atoms with van der Waals surface area (Å²) in [6.45, 7) is 6.89. The number of hydrogen-bond acceptors (Lipinski definition) is 4. The van der Waals surface area contributed by atoms with E-state index in [1.165, 1.54) is 12.3 Å². The number of pyridine rings is 1. The molecule has 1 aromatic carbocycles. The Kier molecular flexibility index (Phi) is 4.49. The maximum absolute atomic E-state index is 11.8. The van der Waals surface area contributed by atoms with E-state index < -0.39 is 11.8 Å². The van der Waals surface area contributed by atoms with Gasteiger partial charge in [-0.2, -0.15) is 0 Å². The molecule has 0 bridgehead atoms. The zero-order valence-electron chi connectivity index (χ0n) is 11.5. The van der Waals surface area contributed by atoms with Gasteiger partial charge >= 0.3 is 5.97 Å². The van der Waals surface area contributed by atoms with E-state index in [2.05, 4.69) is 9.83 Å². The molecule has 22 heavy (non-hydrogen) atoms. The molecule has 0 aliphatic heterocycles. The molecule has 1 heterocycles. The standard InChI is InChI=1S/C16H12N2O4/c1-17-12-4-2-10(3-5-12)11-8-14(20)16(18-9-11)13(19)6-7-15(21)22/h2-5,8-9,20H,6-7H2,(H,21,22). The predicted octanol–water partition coefficient (Wildman–Crippen LogP) is 3.05. The summed E-state index contributed by atoms with van der Waals surface area (Å²) in [7, 11) is 0. The van der Waals surface area contributed by atoms with Crippen molar-refractivity contribution in [3.05, 3.63) is 53.6 Å². The van der Waals surface area contributed by atoms with Crippen LogP contribution in [0.1, 0.15) is 23.3 Å². The van der Waals surface area contributed by atoms with Crippen LogP contribution in [0.2, 0.25) is 0 Å². The van der Waals surface area contributed by atoms with Crippen molar-refractivity contribution >= 4 is 17.4 Å². The van der Waals surface area contributed by atoms with Crippen molar-refractivity contribution in [2.24, 2.45) is 0 Å². The molecule has 2 aromatic rings. The lowest BCUT2D eigenvalue weighted by Crippen LogP contribution is -2.06. The topological polar surface area (TPSA) is 91.9 Å². The van der Waals surface area contributed by atoms with Crippen LogP contribution in [-0.2, 0) is 4.79 Å². The van der Waals surface area contributed by atoms with Crippen molar-refractivity contribution < 1.29 is 19.8 Å². The highest BCUT2D eigenvalue weighted by molar-refractivity contribution is 5.98. The number of ketones is 1. The number of benzene rings is 1. The summed E-state index contributed by atoms with van der Waals surface area (Å²) in [5.41, 5.74) is 1.72. The zero-order chi connectivity index (χ0) is 16.1. The highest BCUT2D eigenvalue weighted by atomic mass is 16.4. The summed E-state index contributed by atoms with van der Waals surface area (Å²) in [6, 6.07) is 8.12. The third kappa shape index (κ3) is 3.46. The molecule has 0 spiro atoms. The fraction of sp³-hybridized carbons (Fsp3) is 0.125. The number of aromatic hydroxyl groups is 1. The van der Waals surface area contributed by atoms with Crippen LogP contribution < -0.4 is 0 Å². The van der Waals surface area contributed by atoms with Crippen LogP contribution in [-0.4, -0.2) is 26.9 Å². The summed E-state index contributed by atoms with van der Waals surface area (Å²) in [5.74, 6) is -1.89. The van der Waals surface area contributed by atoms with Crippen molar-refractivity contribution in [2.75, 3.05) is 0 Å². The Morgan fingerprint density at radius 1 is 1.14 bits per heavy atom. The Labute approximate surface area is 126 Å². The number of carbonyl (C=O) groups excluding carboxylic acids is 1. The van der Waals surface area contributed by atoms with E-state index in [1.807, 2.05) is 0 Å². The van der Waals surface area contributed by atoms with E-state index >= 15 is 0 Å². The van der Waals surface area contributed by atoms with Gasteiger partial charge in [-0.05, 0) is 11.6 Å². The van der Waals surface area contributed by atoms with E-state index in [0.717, 1.165) is 5.56 Å². The normalized spacial score (nSPS) is 9.95. The molecule has 0 fully saturated rings. The first kappa shape index (κ1) is 15.2. The van der Waals surface area contributed by atoms with Gasteiger partial charge in [-0.1, -0.05) is 24.3 Å². The molecule has 0 unspecified atom stereocenters. The number of hydrogen-bond donors (Lipinski definition) is 2. The van der Waals surface area contributed by atoms with Crippen LogP contribution in [0.3, 0.4) is 0 Å². The Bertz CT molecular complexity index is 761. The van der Waals surface area contributed by atoms with E-state index in [-0.39, 0.29) is 24.3 Å². The van der Waals surface area contributed by atoms with Gasteiger partial charge in [0.2, 0.25) is 0 Å². The molecule has 0 aliphatic carbocycles. The molecule has 6 heteroatoms. The fourth-order valence-corrected chi connectivity index (χ4v) is 1.89. The molecule has 110 valence electrons. The molecule has 0 amide bonds. The van der Waals surface area contributed by atoms with Crippen molar-refractivity contribution in [2.45, 2.75) is 12.8 Å². The van der Waals surface area contributed by atoms with Crippen LogP contribution in [0.4, 0.5) is 5.69 Å². The first-order valence-electron chi connectivity index (χ1n) is 6.43. The number of nitrogens with zero attached hydrogens (tertiary/aromatic N) is 2. The van der Waals surface area contributed by atoms with Crippen molar-refractivity contribution in [1.82, 2.24) is 4.98 Å². The summed E-state index contributed by atoms with van der Waals surface area (Å²) in [5, 5.41) is 18.5. The van der Waals surface area contributed by atoms with Crippen LogP contribution in [0.15, 0.2) is 36.5 Å². The highest BCUT2D eigenvalue weighted by Gasteiger charge is 2.15. The van der Waals surface area contributed by atoms with Gasteiger partial charge in [0, 0.05) is 18.2 Å². The average molecular weight is 296 g/mol. The van der Waals surface area contributed by atoms with Crippen LogP contribution in [0.5, 0.6) is 5.75 Å². The number of carboxylic acids is 1. The number of carbonyl (C=O) groups is 2. The largest absolute Gasteiger partial charge is 0.506 e. The summed E-state index contributed by atoms with van der Waals surface area (Å²) >= 11 is 0. The monoisotopic (exact) mass is 296 g/mol. The van der Waals surface area contributed by atoms with Crippen molar-refractivity contribution in [3.8, 4) is 16.9 Å². The zero-order valence-corrected chi connectivity index (χ0v) is 11.5. The minimum Gasteiger partial charge on any atom is -0.506 e. The summed E-state index contributed by atoms with van der Waals surface area (Å²) < 4.78 is 0. The molecule has 0 aliphatic rings. The highest BCUT2D eigenvalue weighted by Crippen LogP contribution is 2.27. The smallest absolute Gasteiger partial charge is 0.303 e. The molecule has 0 saturated carbocycles. The van der Waals surface area contributed by atoms with Gasteiger partial charge in [0.25, 0.3) is 0 Å². The number of aromatic nitrogens is 1. The van der Waals surface area contributed by atoms with Gasteiger partial charge in [-0.15, -0.1) is 0 Å². The fourth-order valence-electron chi connectivity index (χ4n) is 1.89. The van der Waals surface area contributed by atoms with E-state index in [1.54, 1.807) is 24.3 Å². The quantitative estimate of drug-likeness (QED) is 0.653. The Hall–Kier alpha value is -3.20. The molecule has 2 N–H and O–H groups in total. The lowest BCUT2D eigenvalue weighted by Gasteiger charge is -2.06. The van der Waals surface area contributed by atoms with Gasteiger partial charge in [-0.3, -0.25) is 9.59 Å². The van der Waals surface area contributed by atoms with Crippen LogP contribution in [0, 0.1) is 6.57 Å². The van der Waals surface area contributed by atoms with Crippen LogP contribution in [0.25, 0.3) is 16.0 Å². The minimum absolute atomic E-state index is 0.136. The molecular weight excluding hydrogens is 284 g/mol. The van der Waals surface area contributed by atoms with Crippen LogP contribution >= 0.6 is 0 Å². The van der Waals surface area contributed by atoms with Gasteiger partial charge in [0.05, 0.1) is 13.0 Å². The van der Waals surface area contributed by atoms with E-state index in [9.17, 15) is 14.7 Å². The molecular formula is C16H12N2O4. The molecule has 6 nitrogen and oxygen atoms in total. The third-order valence-electron chi connectivity index (χ3n) is 3.03. The lowest BCUT2D eigenvalue weighted by molar-refractivity contribution is -0.136. The Morgan fingerprint density at radius 3 is 2.36 bits per heavy atom. The second-order valence-corrected chi connectivity index (χ2v) is 4.57. The Morgan fingerprint density at radius 2 is 1.82 bits per heavy atom. The summed E-state index contributed by atoms with van der Waals surface area (Å²) in [4.78, 5) is 29.4. The van der Waals surface area contributed by atoms with Gasteiger partial charge in [-0.25, -0.2) is 9.83 Å². The number of carboxylic acid groups (broad SMARTS) is 1. The first-order valence-corrected chi connectivity index (χ1v) is 6.43. The Balaban J connectivity index is 2.23. The summed E-state index contributed by atoms with van der Waals surface area (Å²) in [6.07, 6.45) is 0.912. The number of rotatable bonds is 5. The van der Waals surface area contributed by atoms with Gasteiger partial charge in [0.15, 0.2) is 11.5 Å². The van der Waals surface area contributed by atoms with E-state index in [4.69, 9.17) is 11.7 Å². The lowest BCUT2D eigenvalue weighted by atomic mass is 10.0. The maximum atomic E-state index is 11.8. The average Bonchev–Trinajstić information content (AvgIpc) is 2.52. The molecule has 0 atom stereocenters. The molecule has 2 rings (SSSR count). The SMILES string of the molecule is [C-]#[N+]c1ccc(-c2cnc(C(=O)CCC(=O)O)c(O)c2)cc1. The first-order chi connectivity index (χ1) is 10.5. The molecule has 1 aromatic heterocycles. The minimum atomic E-state index is -1.08. The second kappa shape index (κ2) is 6.50. The van der Waals surface area contributed by atoms with Gasteiger partial charge in [0.1, 0.15) is 11.4 Å². The maximum Gasteiger partial charge on any atom is 0.303 e. The molecule has 0 saturated heterocycles. The second-order valence-electron chi connectivity index (χ2n) is 4.57. The molecule has 0 radical (unpaired) electrons.